The van der Waals surface area contributed by atoms with Crippen LogP contribution in [0.1, 0.15) is 43.2 Å². The number of benzene rings is 1. The highest BCUT2D eigenvalue weighted by Crippen LogP contribution is 2.29. The molecule has 1 saturated carbocycles. The van der Waals surface area contributed by atoms with Crippen LogP contribution in [0.2, 0.25) is 0 Å². The van der Waals surface area contributed by atoms with E-state index in [0.717, 1.165) is 44.1 Å². The fraction of sp³-hybridized carbons (Fsp3) is 0.647. The Morgan fingerprint density at radius 2 is 2.10 bits per heavy atom. The van der Waals surface area contributed by atoms with E-state index in [4.69, 9.17) is 5.73 Å². The van der Waals surface area contributed by atoms with Gasteiger partial charge in [0, 0.05) is 25.3 Å². The van der Waals surface area contributed by atoms with Gasteiger partial charge < -0.3 is 10.8 Å². The third-order valence-corrected chi connectivity index (χ3v) is 4.93. The zero-order valence-corrected chi connectivity index (χ0v) is 12.2. The van der Waals surface area contributed by atoms with Crippen molar-refractivity contribution in [3.05, 3.63) is 29.3 Å². The van der Waals surface area contributed by atoms with E-state index in [1.165, 1.54) is 36.8 Å². The molecule has 0 saturated heterocycles. The highest BCUT2D eigenvalue weighted by Gasteiger charge is 2.23. The van der Waals surface area contributed by atoms with Crippen molar-refractivity contribution in [1.82, 2.24) is 4.90 Å². The van der Waals surface area contributed by atoms with Gasteiger partial charge >= 0.3 is 0 Å². The highest BCUT2D eigenvalue weighted by molar-refractivity contribution is 5.51. The van der Waals surface area contributed by atoms with E-state index in [9.17, 15) is 5.11 Å². The van der Waals surface area contributed by atoms with Crippen LogP contribution in [0.5, 0.6) is 0 Å². The lowest BCUT2D eigenvalue weighted by atomic mass is 9.96. The second-order valence-corrected chi connectivity index (χ2v) is 6.51. The summed E-state index contributed by atoms with van der Waals surface area (Å²) in [7, 11) is 0. The van der Waals surface area contributed by atoms with E-state index in [1.54, 1.807) is 0 Å². The first kappa shape index (κ1) is 13.9. The maximum atomic E-state index is 10.3. The topological polar surface area (TPSA) is 49.5 Å². The lowest BCUT2D eigenvalue weighted by Gasteiger charge is -2.31. The van der Waals surface area contributed by atoms with Crippen molar-refractivity contribution in [3.63, 3.8) is 0 Å². The summed E-state index contributed by atoms with van der Waals surface area (Å²) in [4.78, 5) is 2.38. The minimum absolute atomic E-state index is 0.166. The molecule has 3 rings (SSSR count). The Hall–Kier alpha value is -1.06. The predicted octanol–water partition coefficient (Wildman–Crippen LogP) is 2.57. The Bertz CT molecular complexity index is 454. The molecule has 2 aliphatic rings. The van der Waals surface area contributed by atoms with Crippen LogP contribution in [-0.2, 0) is 13.0 Å². The van der Waals surface area contributed by atoms with Crippen LogP contribution in [0.4, 0.5) is 5.69 Å². The standard InChI is InChI=1S/C17H26N2O/c18-17-7-3-6-14-11-19(9-8-16(14)17)12-15(20)10-13-4-1-2-5-13/h3,6-7,13,15,20H,1-2,4-5,8-12,18H2. The van der Waals surface area contributed by atoms with Gasteiger partial charge in [-0.3, -0.25) is 4.90 Å². The summed E-state index contributed by atoms with van der Waals surface area (Å²) >= 11 is 0. The Labute approximate surface area is 121 Å². The number of rotatable bonds is 4. The van der Waals surface area contributed by atoms with Crippen molar-refractivity contribution in [2.45, 2.75) is 51.2 Å². The van der Waals surface area contributed by atoms with Crippen molar-refractivity contribution in [2.24, 2.45) is 5.92 Å². The van der Waals surface area contributed by atoms with Gasteiger partial charge in [-0.25, -0.2) is 0 Å². The van der Waals surface area contributed by atoms with Crippen molar-refractivity contribution in [1.29, 1.82) is 0 Å². The lowest BCUT2D eigenvalue weighted by molar-refractivity contribution is 0.0855. The fourth-order valence-electron chi connectivity index (χ4n) is 3.86. The maximum absolute atomic E-state index is 10.3. The number of aliphatic hydroxyl groups is 1. The Balaban J connectivity index is 1.54. The Morgan fingerprint density at radius 1 is 1.30 bits per heavy atom. The van der Waals surface area contributed by atoms with Crippen LogP contribution in [0.25, 0.3) is 0 Å². The van der Waals surface area contributed by atoms with Gasteiger partial charge in [0.15, 0.2) is 0 Å². The van der Waals surface area contributed by atoms with Gasteiger partial charge in [0.05, 0.1) is 6.10 Å². The molecule has 1 aliphatic heterocycles. The van der Waals surface area contributed by atoms with Crippen LogP contribution < -0.4 is 5.73 Å². The zero-order valence-electron chi connectivity index (χ0n) is 12.2. The Morgan fingerprint density at radius 3 is 2.90 bits per heavy atom. The average Bonchev–Trinajstić information content (AvgIpc) is 2.91. The number of fused-ring (bicyclic) bond motifs is 1. The first-order chi connectivity index (χ1) is 9.72. The Kier molecular flexibility index (Phi) is 4.27. The number of hydrogen-bond acceptors (Lipinski definition) is 3. The van der Waals surface area contributed by atoms with Crippen molar-refractivity contribution in [3.8, 4) is 0 Å². The van der Waals surface area contributed by atoms with E-state index in [2.05, 4.69) is 11.0 Å². The van der Waals surface area contributed by atoms with Gasteiger partial charge in [0.1, 0.15) is 0 Å². The fourth-order valence-corrected chi connectivity index (χ4v) is 3.86. The largest absolute Gasteiger partial charge is 0.398 e. The van der Waals surface area contributed by atoms with Gasteiger partial charge in [0.2, 0.25) is 0 Å². The third kappa shape index (κ3) is 3.15. The van der Waals surface area contributed by atoms with Crippen molar-refractivity contribution in [2.75, 3.05) is 18.8 Å². The normalized spacial score (nSPS) is 21.9. The predicted molar refractivity (Wildman–Crippen MR) is 82.4 cm³/mol. The second-order valence-electron chi connectivity index (χ2n) is 6.51. The monoisotopic (exact) mass is 274 g/mol. The molecule has 1 heterocycles. The zero-order chi connectivity index (χ0) is 13.9. The molecule has 20 heavy (non-hydrogen) atoms. The summed E-state index contributed by atoms with van der Waals surface area (Å²) in [5.74, 6) is 0.762. The lowest BCUT2D eigenvalue weighted by Crippen LogP contribution is -2.37. The SMILES string of the molecule is Nc1cccc2c1CCN(CC(O)CC1CCCC1)C2. The minimum atomic E-state index is -0.166. The summed E-state index contributed by atoms with van der Waals surface area (Å²) in [6.07, 6.45) is 7.17. The third-order valence-electron chi connectivity index (χ3n) is 4.93. The minimum Gasteiger partial charge on any atom is -0.398 e. The van der Waals surface area contributed by atoms with Gasteiger partial charge in [-0.15, -0.1) is 0 Å². The summed E-state index contributed by atoms with van der Waals surface area (Å²) in [5.41, 5.74) is 9.60. The summed E-state index contributed by atoms with van der Waals surface area (Å²) in [6, 6.07) is 6.19. The molecular formula is C17H26N2O. The number of aliphatic hydroxyl groups excluding tert-OH is 1. The van der Waals surface area contributed by atoms with E-state index in [1.807, 2.05) is 12.1 Å². The molecule has 110 valence electrons. The molecule has 1 unspecified atom stereocenters. The maximum Gasteiger partial charge on any atom is 0.0669 e. The summed E-state index contributed by atoms with van der Waals surface area (Å²) < 4.78 is 0. The number of hydrogen-bond donors (Lipinski definition) is 2. The summed E-state index contributed by atoms with van der Waals surface area (Å²) in [5, 5.41) is 10.3. The van der Waals surface area contributed by atoms with Gasteiger partial charge in [-0.2, -0.15) is 0 Å². The molecule has 3 nitrogen and oxygen atoms in total. The van der Waals surface area contributed by atoms with E-state index < -0.39 is 0 Å². The van der Waals surface area contributed by atoms with Crippen LogP contribution in [0, 0.1) is 5.92 Å². The first-order valence-electron chi connectivity index (χ1n) is 7.99. The van der Waals surface area contributed by atoms with Crippen LogP contribution >= 0.6 is 0 Å². The van der Waals surface area contributed by atoms with E-state index in [-0.39, 0.29) is 6.10 Å². The van der Waals surface area contributed by atoms with Gasteiger partial charge in [0.25, 0.3) is 0 Å². The number of nitrogens with zero attached hydrogens (tertiary/aromatic N) is 1. The number of β-amino-alcohol motifs (C(OH)–C–C–N with tert-alkyl or cyclic N) is 1. The second kappa shape index (κ2) is 6.15. The average molecular weight is 274 g/mol. The molecule has 0 aromatic heterocycles. The smallest absolute Gasteiger partial charge is 0.0669 e. The molecule has 0 bridgehead atoms. The molecule has 3 heteroatoms. The molecule has 0 radical (unpaired) electrons. The van der Waals surface area contributed by atoms with Crippen molar-refractivity contribution >= 4 is 5.69 Å². The molecule has 3 N–H and O–H groups in total. The number of anilines is 1. The molecule has 1 atom stereocenters. The highest BCUT2D eigenvalue weighted by atomic mass is 16.3. The van der Waals surface area contributed by atoms with E-state index >= 15 is 0 Å². The van der Waals surface area contributed by atoms with Crippen LogP contribution in [0.3, 0.4) is 0 Å². The number of nitrogen functional groups attached to an aromatic ring is 1. The number of nitrogens with two attached hydrogens (primary N) is 1. The summed E-state index contributed by atoms with van der Waals surface area (Å²) in [6.45, 7) is 2.76. The van der Waals surface area contributed by atoms with Gasteiger partial charge in [-0.05, 0) is 36.0 Å². The molecular weight excluding hydrogens is 248 g/mol. The molecule has 0 spiro atoms. The van der Waals surface area contributed by atoms with Crippen LogP contribution in [-0.4, -0.2) is 29.2 Å². The molecule has 1 fully saturated rings. The molecule has 1 aromatic carbocycles. The van der Waals surface area contributed by atoms with Gasteiger partial charge in [-0.1, -0.05) is 37.8 Å². The van der Waals surface area contributed by atoms with Crippen molar-refractivity contribution < 1.29 is 5.11 Å². The molecule has 0 amide bonds. The van der Waals surface area contributed by atoms with E-state index in [0.29, 0.717) is 0 Å². The van der Waals surface area contributed by atoms with Crippen LogP contribution in [0.15, 0.2) is 18.2 Å². The first-order valence-corrected chi connectivity index (χ1v) is 7.99. The quantitative estimate of drug-likeness (QED) is 0.830. The molecule has 1 aliphatic carbocycles. The molecule has 1 aromatic rings.